The van der Waals surface area contributed by atoms with E-state index in [-0.39, 0.29) is 6.42 Å². The minimum atomic E-state index is -1.15. The Hall–Kier alpha value is -2.16. The van der Waals surface area contributed by atoms with Crippen LogP contribution in [0.4, 0.5) is 5.82 Å². The van der Waals surface area contributed by atoms with Crippen molar-refractivity contribution in [3.05, 3.63) is 36.0 Å². The van der Waals surface area contributed by atoms with Gasteiger partial charge in [0.1, 0.15) is 11.9 Å². The predicted molar refractivity (Wildman–Crippen MR) is 67.4 cm³/mol. The Morgan fingerprint density at radius 3 is 2.61 bits per heavy atom. The van der Waals surface area contributed by atoms with Gasteiger partial charge in [0.25, 0.3) is 0 Å². The minimum absolute atomic E-state index is 0.139. The van der Waals surface area contributed by atoms with Crippen molar-refractivity contribution in [1.29, 1.82) is 5.26 Å². The molecule has 2 atom stereocenters. The molecule has 0 bridgehead atoms. The molecule has 4 N–H and O–H groups in total. The van der Waals surface area contributed by atoms with Gasteiger partial charge in [0, 0.05) is 17.1 Å². The first kappa shape index (κ1) is 12.3. The summed E-state index contributed by atoms with van der Waals surface area (Å²) in [7, 11) is 0. The van der Waals surface area contributed by atoms with Gasteiger partial charge in [-0.15, -0.1) is 0 Å². The number of nitrogen functional groups attached to an aromatic ring is 1. The number of nitrogens with zero attached hydrogens (tertiary/aromatic N) is 2. The molecule has 1 aromatic heterocycles. The second-order valence-corrected chi connectivity index (χ2v) is 4.02. The lowest BCUT2D eigenvalue weighted by Crippen LogP contribution is -2.18. The maximum Gasteiger partial charge on any atom is 0.131 e. The summed E-state index contributed by atoms with van der Waals surface area (Å²) in [6, 6.07) is 9.05. The van der Waals surface area contributed by atoms with Gasteiger partial charge in [-0.1, -0.05) is 24.3 Å². The molecule has 0 amide bonds. The molecule has 0 saturated heterocycles. The zero-order valence-corrected chi connectivity index (χ0v) is 9.61. The zero-order chi connectivity index (χ0) is 13.1. The van der Waals surface area contributed by atoms with Crippen molar-refractivity contribution in [2.24, 2.45) is 0 Å². The number of hydrogen-bond acceptors (Lipinski definition) is 5. The van der Waals surface area contributed by atoms with E-state index in [9.17, 15) is 10.2 Å². The number of pyridine rings is 1. The van der Waals surface area contributed by atoms with Crippen LogP contribution in [0.1, 0.15) is 18.1 Å². The van der Waals surface area contributed by atoms with Crippen molar-refractivity contribution < 1.29 is 10.2 Å². The van der Waals surface area contributed by atoms with E-state index < -0.39 is 12.2 Å². The van der Waals surface area contributed by atoms with Crippen LogP contribution in [0.25, 0.3) is 10.8 Å². The molecule has 0 saturated carbocycles. The predicted octanol–water partition coefficient (Wildman–Crippen LogP) is 1.12. The van der Waals surface area contributed by atoms with Crippen molar-refractivity contribution in [1.82, 2.24) is 4.98 Å². The minimum Gasteiger partial charge on any atom is -0.389 e. The van der Waals surface area contributed by atoms with Crippen molar-refractivity contribution in [2.45, 2.75) is 18.6 Å². The average molecular weight is 243 g/mol. The van der Waals surface area contributed by atoms with E-state index in [0.717, 1.165) is 10.8 Å². The first-order valence-electron chi connectivity index (χ1n) is 5.51. The zero-order valence-electron chi connectivity index (χ0n) is 9.61. The van der Waals surface area contributed by atoms with Gasteiger partial charge in [0.2, 0.25) is 0 Å². The summed E-state index contributed by atoms with van der Waals surface area (Å²) in [5, 5.41) is 29.7. The van der Waals surface area contributed by atoms with Gasteiger partial charge < -0.3 is 15.9 Å². The van der Waals surface area contributed by atoms with Gasteiger partial charge in [0.05, 0.1) is 18.6 Å². The van der Waals surface area contributed by atoms with Crippen molar-refractivity contribution >= 4 is 16.6 Å². The van der Waals surface area contributed by atoms with Crippen LogP contribution in [0.5, 0.6) is 0 Å². The molecule has 5 heteroatoms. The molecule has 0 radical (unpaired) electrons. The number of nitriles is 1. The highest BCUT2D eigenvalue weighted by atomic mass is 16.3. The molecule has 18 heavy (non-hydrogen) atoms. The van der Waals surface area contributed by atoms with Crippen LogP contribution in [0.15, 0.2) is 30.5 Å². The smallest absolute Gasteiger partial charge is 0.131 e. The summed E-state index contributed by atoms with van der Waals surface area (Å²) in [6.45, 7) is 0. The van der Waals surface area contributed by atoms with Gasteiger partial charge in [-0.2, -0.15) is 5.26 Å². The van der Waals surface area contributed by atoms with E-state index in [1.54, 1.807) is 12.1 Å². The molecule has 0 aliphatic carbocycles. The Balaban J connectivity index is 2.52. The molecular weight excluding hydrogens is 230 g/mol. The van der Waals surface area contributed by atoms with E-state index in [0.29, 0.717) is 11.4 Å². The molecule has 0 fully saturated rings. The van der Waals surface area contributed by atoms with Crippen LogP contribution in [-0.4, -0.2) is 21.3 Å². The molecule has 2 rings (SSSR count). The molecule has 0 spiro atoms. The fourth-order valence-electron chi connectivity index (χ4n) is 1.88. The van der Waals surface area contributed by atoms with Crippen molar-refractivity contribution in [3.63, 3.8) is 0 Å². The Morgan fingerprint density at radius 2 is 1.94 bits per heavy atom. The Labute approximate surface area is 104 Å². The number of aliphatic hydroxyl groups excluding tert-OH is 2. The number of rotatable bonds is 3. The first-order chi connectivity index (χ1) is 8.65. The summed E-state index contributed by atoms with van der Waals surface area (Å²) in [4.78, 5) is 3.99. The van der Waals surface area contributed by atoms with E-state index in [2.05, 4.69) is 4.98 Å². The Bertz CT molecular complexity index is 607. The fourth-order valence-corrected chi connectivity index (χ4v) is 1.88. The number of aromatic nitrogens is 1. The standard InChI is InChI=1S/C13H13N3O2/c14-6-5-11(17)12(18)10-7-16-13(15)9-4-2-1-3-8(9)10/h1-4,7,11-12,17-18H,5H2,(H2,15,16). The highest BCUT2D eigenvalue weighted by Crippen LogP contribution is 2.28. The quantitative estimate of drug-likeness (QED) is 0.749. The van der Waals surface area contributed by atoms with Crippen LogP contribution in [0, 0.1) is 11.3 Å². The maximum absolute atomic E-state index is 10.0. The maximum atomic E-state index is 10.0. The number of aliphatic hydroxyl groups is 2. The number of benzene rings is 1. The first-order valence-corrected chi connectivity index (χ1v) is 5.51. The average Bonchev–Trinajstić information content (AvgIpc) is 2.39. The molecule has 2 aromatic rings. The molecule has 2 unspecified atom stereocenters. The van der Waals surface area contributed by atoms with E-state index in [1.165, 1.54) is 6.20 Å². The fraction of sp³-hybridized carbons (Fsp3) is 0.231. The second kappa shape index (κ2) is 5.00. The summed E-state index contributed by atoms with van der Waals surface area (Å²) in [6.07, 6.45) is -0.991. The van der Waals surface area contributed by atoms with Gasteiger partial charge in [0.15, 0.2) is 0 Å². The third kappa shape index (κ3) is 2.12. The number of anilines is 1. The van der Waals surface area contributed by atoms with Gasteiger partial charge in [-0.3, -0.25) is 0 Å². The van der Waals surface area contributed by atoms with Crippen molar-refractivity contribution in [3.8, 4) is 6.07 Å². The van der Waals surface area contributed by atoms with Gasteiger partial charge in [-0.05, 0) is 5.39 Å². The molecular formula is C13H13N3O2. The van der Waals surface area contributed by atoms with Crippen LogP contribution in [0.3, 0.4) is 0 Å². The number of nitrogens with two attached hydrogens (primary N) is 1. The summed E-state index contributed by atoms with van der Waals surface area (Å²) < 4.78 is 0. The molecule has 1 heterocycles. The third-order valence-corrected chi connectivity index (χ3v) is 2.84. The lowest BCUT2D eigenvalue weighted by Gasteiger charge is -2.17. The summed E-state index contributed by atoms with van der Waals surface area (Å²) in [5.41, 5.74) is 6.23. The van der Waals surface area contributed by atoms with Crippen LogP contribution in [-0.2, 0) is 0 Å². The van der Waals surface area contributed by atoms with Crippen LogP contribution in [0.2, 0.25) is 0 Å². The lowest BCUT2D eigenvalue weighted by molar-refractivity contribution is 0.0223. The normalized spacial score (nSPS) is 14.1. The SMILES string of the molecule is N#CCC(O)C(O)c1cnc(N)c2ccccc12. The highest BCUT2D eigenvalue weighted by molar-refractivity contribution is 5.93. The summed E-state index contributed by atoms with van der Waals surface area (Å²) >= 11 is 0. The Morgan fingerprint density at radius 1 is 1.28 bits per heavy atom. The lowest BCUT2D eigenvalue weighted by atomic mass is 9.98. The Kier molecular flexibility index (Phi) is 3.42. The molecule has 0 aliphatic heterocycles. The van der Waals surface area contributed by atoms with Gasteiger partial charge in [-0.25, -0.2) is 4.98 Å². The largest absolute Gasteiger partial charge is 0.389 e. The topological polar surface area (TPSA) is 103 Å². The van der Waals surface area contributed by atoms with E-state index >= 15 is 0 Å². The van der Waals surface area contributed by atoms with Gasteiger partial charge >= 0.3 is 0 Å². The van der Waals surface area contributed by atoms with E-state index in [1.807, 2.05) is 18.2 Å². The van der Waals surface area contributed by atoms with E-state index in [4.69, 9.17) is 11.0 Å². The molecule has 5 nitrogen and oxygen atoms in total. The summed E-state index contributed by atoms with van der Waals surface area (Å²) in [5.74, 6) is 0.372. The molecule has 1 aromatic carbocycles. The highest BCUT2D eigenvalue weighted by Gasteiger charge is 2.21. The third-order valence-electron chi connectivity index (χ3n) is 2.84. The second-order valence-electron chi connectivity index (χ2n) is 4.02. The monoisotopic (exact) mass is 243 g/mol. The molecule has 92 valence electrons. The van der Waals surface area contributed by atoms with Crippen LogP contribution < -0.4 is 5.73 Å². The molecule has 0 aliphatic rings. The number of hydrogen-bond donors (Lipinski definition) is 3. The van der Waals surface area contributed by atoms with Crippen molar-refractivity contribution in [2.75, 3.05) is 5.73 Å². The number of fused-ring (bicyclic) bond motifs is 1. The van der Waals surface area contributed by atoms with Crippen LogP contribution >= 0.6 is 0 Å².